The lowest BCUT2D eigenvalue weighted by molar-refractivity contribution is 0.354. The van der Waals surface area contributed by atoms with Crippen LogP contribution in [0.5, 0.6) is 11.5 Å². The highest BCUT2D eigenvalue weighted by Gasteiger charge is 2.17. The van der Waals surface area contributed by atoms with E-state index in [9.17, 15) is 8.42 Å². The molecule has 0 saturated carbocycles. The molecule has 25 heavy (non-hydrogen) atoms. The number of nitrogens with one attached hydrogen (secondary N) is 1. The third-order valence-electron chi connectivity index (χ3n) is 3.75. The van der Waals surface area contributed by atoms with Crippen molar-refractivity contribution in [1.82, 2.24) is 4.98 Å². The number of nitrogens with zero attached hydrogens (tertiary/aromatic N) is 2. The van der Waals surface area contributed by atoms with Gasteiger partial charge in [-0.3, -0.25) is 4.72 Å². The Morgan fingerprint density at radius 1 is 1.04 bits per heavy atom. The van der Waals surface area contributed by atoms with Gasteiger partial charge in [-0.05, 0) is 38.1 Å². The van der Waals surface area contributed by atoms with Gasteiger partial charge in [-0.25, -0.2) is 13.4 Å². The van der Waals surface area contributed by atoms with E-state index < -0.39 is 10.0 Å². The van der Waals surface area contributed by atoms with Crippen molar-refractivity contribution < 1.29 is 17.9 Å². The second-order valence-electron chi connectivity index (χ2n) is 5.20. The molecule has 1 aromatic heterocycles. The Morgan fingerprint density at radius 2 is 1.72 bits per heavy atom. The molecule has 0 bridgehead atoms. The van der Waals surface area contributed by atoms with Crippen LogP contribution < -0.4 is 19.1 Å². The summed E-state index contributed by atoms with van der Waals surface area (Å²) in [5, 5.41) is 0. The van der Waals surface area contributed by atoms with E-state index in [2.05, 4.69) is 14.6 Å². The molecule has 1 aromatic carbocycles. The lowest BCUT2D eigenvalue weighted by Gasteiger charge is -2.19. The molecule has 136 valence electrons. The molecule has 0 radical (unpaired) electrons. The maximum absolute atomic E-state index is 12.6. The van der Waals surface area contributed by atoms with Gasteiger partial charge in [0.05, 0.1) is 31.0 Å². The zero-order valence-corrected chi connectivity index (χ0v) is 15.6. The average Bonchev–Trinajstić information content (AvgIpc) is 2.63. The third-order valence-corrected chi connectivity index (χ3v) is 5.13. The number of pyridine rings is 1. The Kier molecular flexibility index (Phi) is 6.08. The van der Waals surface area contributed by atoms with Crippen LogP contribution in [-0.2, 0) is 10.0 Å². The lowest BCUT2D eigenvalue weighted by atomic mass is 10.3. The Morgan fingerprint density at radius 3 is 2.24 bits per heavy atom. The molecule has 0 fully saturated rings. The summed E-state index contributed by atoms with van der Waals surface area (Å²) >= 11 is 0. The van der Waals surface area contributed by atoms with E-state index in [1.807, 2.05) is 13.8 Å². The Balaban J connectivity index is 2.24. The largest absolute Gasteiger partial charge is 0.493 e. The van der Waals surface area contributed by atoms with Gasteiger partial charge in [0.15, 0.2) is 11.5 Å². The van der Waals surface area contributed by atoms with Gasteiger partial charge in [-0.1, -0.05) is 0 Å². The topological polar surface area (TPSA) is 80.8 Å². The summed E-state index contributed by atoms with van der Waals surface area (Å²) in [5.41, 5.74) is 0.394. The number of aromatic nitrogens is 1. The molecule has 0 aliphatic rings. The fraction of sp³-hybridized carbons (Fsp3) is 0.353. The molecule has 0 aliphatic carbocycles. The minimum absolute atomic E-state index is 0.0815. The third kappa shape index (κ3) is 4.33. The second kappa shape index (κ2) is 8.06. The Hall–Kier alpha value is -2.48. The number of sulfonamides is 1. The Labute approximate surface area is 148 Å². The van der Waals surface area contributed by atoms with Crippen molar-refractivity contribution in [1.29, 1.82) is 0 Å². The fourth-order valence-electron chi connectivity index (χ4n) is 2.38. The van der Waals surface area contributed by atoms with Gasteiger partial charge in [-0.15, -0.1) is 0 Å². The molecule has 2 aromatic rings. The van der Waals surface area contributed by atoms with E-state index in [4.69, 9.17) is 9.47 Å². The van der Waals surface area contributed by atoms with Crippen molar-refractivity contribution in [2.24, 2.45) is 0 Å². The maximum Gasteiger partial charge on any atom is 0.262 e. The Bertz CT molecular complexity index is 803. The molecule has 0 unspecified atom stereocenters. The predicted molar refractivity (Wildman–Crippen MR) is 98.2 cm³/mol. The van der Waals surface area contributed by atoms with Crippen molar-refractivity contribution in [2.45, 2.75) is 18.7 Å². The molecule has 0 amide bonds. The van der Waals surface area contributed by atoms with Crippen LogP contribution in [0.3, 0.4) is 0 Å². The van der Waals surface area contributed by atoms with Crippen LogP contribution in [-0.4, -0.2) is 40.7 Å². The average molecular weight is 365 g/mol. The standard InChI is InChI=1S/C17H23N3O4S/c1-5-20(6-2)17-10-7-13(12-18-17)19-25(21,22)14-8-9-15(23-3)16(11-14)24-4/h7-12,19H,5-6H2,1-4H3. The zero-order chi connectivity index (χ0) is 18.4. The van der Waals surface area contributed by atoms with Crippen molar-refractivity contribution in [3.63, 3.8) is 0 Å². The molecular weight excluding hydrogens is 342 g/mol. The minimum atomic E-state index is -3.75. The number of methoxy groups -OCH3 is 2. The summed E-state index contributed by atoms with van der Waals surface area (Å²) in [6, 6.07) is 7.91. The molecule has 0 aliphatic heterocycles. The molecule has 0 atom stereocenters. The lowest BCUT2D eigenvalue weighted by Crippen LogP contribution is -2.22. The number of hydrogen-bond acceptors (Lipinski definition) is 6. The molecular formula is C17H23N3O4S. The second-order valence-corrected chi connectivity index (χ2v) is 6.88. The summed E-state index contributed by atoms with van der Waals surface area (Å²) in [6.07, 6.45) is 1.51. The van der Waals surface area contributed by atoms with E-state index in [1.165, 1.54) is 32.5 Å². The van der Waals surface area contributed by atoms with Gasteiger partial charge < -0.3 is 14.4 Å². The van der Waals surface area contributed by atoms with Crippen molar-refractivity contribution >= 4 is 21.5 Å². The minimum Gasteiger partial charge on any atom is -0.493 e. The van der Waals surface area contributed by atoms with Gasteiger partial charge >= 0.3 is 0 Å². The van der Waals surface area contributed by atoms with Crippen LogP contribution >= 0.6 is 0 Å². The van der Waals surface area contributed by atoms with Gasteiger partial charge in [0.1, 0.15) is 5.82 Å². The highest BCUT2D eigenvalue weighted by atomic mass is 32.2. The number of hydrogen-bond donors (Lipinski definition) is 1. The summed E-state index contributed by atoms with van der Waals surface area (Å²) in [6.45, 7) is 5.75. The SMILES string of the molecule is CCN(CC)c1ccc(NS(=O)(=O)c2ccc(OC)c(OC)c2)cn1. The molecule has 8 heteroatoms. The van der Waals surface area contributed by atoms with E-state index >= 15 is 0 Å². The van der Waals surface area contributed by atoms with Crippen molar-refractivity contribution in [3.05, 3.63) is 36.5 Å². The zero-order valence-electron chi connectivity index (χ0n) is 14.8. The summed E-state index contributed by atoms with van der Waals surface area (Å²) in [4.78, 5) is 6.47. The molecule has 0 spiro atoms. The quantitative estimate of drug-likeness (QED) is 0.775. The number of rotatable bonds is 8. The summed E-state index contributed by atoms with van der Waals surface area (Å²) < 4.78 is 37.9. The first kappa shape index (κ1) is 18.9. The van der Waals surface area contributed by atoms with Crippen LogP contribution in [0.4, 0.5) is 11.5 Å². The van der Waals surface area contributed by atoms with Crippen molar-refractivity contribution in [2.75, 3.05) is 36.9 Å². The highest BCUT2D eigenvalue weighted by Crippen LogP contribution is 2.30. The molecule has 2 rings (SSSR count). The van der Waals surface area contributed by atoms with E-state index in [-0.39, 0.29) is 4.90 Å². The van der Waals surface area contributed by atoms with E-state index in [1.54, 1.807) is 18.2 Å². The van der Waals surface area contributed by atoms with Gasteiger partial charge in [-0.2, -0.15) is 0 Å². The summed E-state index contributed by atoms with van der Waals surface area (Å²) in [5.74, 6) is 1.62. The summed E-state index contributed by atoms with van der Waals surface area (Å²) in [7, 11) is -0.805. The number of benzene rings is 1. The van der Waals surface area contributed by atoms with Gasteiger partial charge in [0, 0.05) is 19.2 Å². The first-order chi connectivity index (χ1) is 11.9. The molecule has 1 N–H and O–H groups in total. The van der Waals surface area contributed by atoms with Crippen LogP contribution in [0.1, 0.15) is 13.8 Å². The monoisotopic (exact) mass is 365 g/mol. The first-order valence-corrected chi connectivity index (χ1v) is 9.39. The molecule has 0 saturated heterocycles. The number of anilines is 2. The van der Waals surface area contributed by atoms with Gasteiger partial charge in [0.25, 0.3) is 10.0 Å². The maximum atomic E-state index is 12.6. The highest BCUT2D eigenvalue weighted by molar-refractivity contribution is 7.92. The van der Waals surface area contributed by atoms with Crippen molar-refractivity contribution in [3.8, 4) is 11.5 Å². The van der Waals surface area contributed by atoms with Crippen LogP contribution in [0, 0.1) is 0 Å². The predicted octanol–water partition coefficient (Wildman–Crippen LogP) is 2.75. The van der Waals surface area contributed by atoms with E-state index in [0.717, 1.165) is 18.9 Å². The van der Waals surface area contributed by atoms with Crippen LogP contribution in [0.2, 0.25) is 0 Å². The number of ether oxygens (including phenoxy) is 2. The fourth-order valence-corrected chi connectivity index (χ4v) is 3.44. The normalized spacial score (nSPS) is 11.0. The van der Waals surface area contributed by atoms with Gasteiger partial charge in [0.2, 0.25) is 0 Å². The molecule has 7 nitrogen and oxygen atoms in total. The molecule has 1 heterocycles. The first-order valence-electron chi connectivity index (χ1n) is 7.91. The van der Waals surface area contributed by atoms with E-state index in [0.29, 0.717) is 17.2 Å². The smallest absolute Gasteiger partial charge is 0.262 e. The van der Waals surface area contributed by atoms with Crippen LogP contribution in [0.15, 0.2) is 41.4 Å². The van der Waals surface area contributed by atoms with Crippen LogP contribution in [0.25, 0.3) is 0 Å².